The number of fused-ring (bicyclic) bond motifs is 1. The molecule has 0 unspecified atom stereocenters. The van der Waals surface area contributed by atoms with Gasteiger partial charge >= 0.3 is 0 Å². The van der Waals surface area contributed by atoms with E-state index in [4.69, 9.17) is 10.5 Å². The van der Waals surface area contributed by atoms with Gasteiger partial charge in [0, 0.05) is 0 Å². The van der Waals surface area contributed by atoms with Crippen LogP contribution in [0.3, 0.4) is 0 Å². The number of ether oxygens (including phenoxy) is 1. The van der Waals surface area contributed by atoms with Crippen molar-refractivity contribution in [2.45, 2.75) is 25.4 Å². The molecule has 3 aromatic rings. The molecule has 0 bridgehead atoms. The number of methoxy groups -OCH3 is 1. The van der Waals surface area contributed by atoms with Crippen LogP contribution in [0.5, 0.6) is 5.75 Å². The average molecular weight is 335 g/mol. The van der Waals surface area contributed by atoms with Gasteiger partial charge in [-0.2, -0.15) is 4.98 Å². The van der Waals surface area contributed by atoms with Gasteiger partial charge in [0.25, 0.3) is 0 Å². The van der Waals surface area contributed by atoms with E-state index < -0.39 is 0 Å². The fourth-order valence-electron chi connectivity index (χ4n) is 3.43. The minimum Gasteiger partial charge on any atom is -0.497 e. The highest BCUT2D eigenvalue weighted by Crippen LogP contribution is 2.38. The van der Waals surface area contributed by atoms with E-state index in [1.165, 1.54) is 11.1 Å². The van der Waals surface area contributed by atoms with E-state index in [9.17, 15) is 0 Å². The molecule has 0 fully saturated rings. The number of nitrogen functional groups attached to an aromatic ring is 1. The zero-order chi connectivity index (χ0) is 17.4. The molecule has 3 N–H and O–H groups in total. The number of aryl methyl sites for hydroxylation is 1. The van der Waals surface area contributed by atoms with Crippen molar-refractivity contribution in [1.82, 2.24) is 14.8 Å². The maximum absolute atomic E-state index is 5.86. The Morgan fingerprint density at radius 1 is 1.16 bits per heavy atom. The Labute approximate surface area is 146 Å². The van der Waals surface area contributed by atoms with Crippen LogP contribution in [-0.4, -0.2) is 21.9 Å². The highest BCUT2D eigenvalue weighted by atomic mass is 16.5. The molecular formula is C19H21N5O. The molecule has 6 nitrogen and oxygen atoms in total. The van der Waals surface area contributed by atoms with Crippen molar-refractivity contribution >= 4 is 11.9 Å². The van der Waals surface area contributed by atoms with Gasteiger partial charge in [0.1, 0.15) is 5.75 Å². The molecule has 1 aliphatic rings. The smallest absolute Gasteiger partial charge is 0.241 e. The van der Waals surface area contributed by atoms with Crippen LogP contribution in [0.2, 0.25) is 0 Å². The standard InChI is InChI=1S/C19H21N5O/c1-12-5-3-7-14(9-12)17-11-16(13-6-4-8-15(10-13)25-2)21-19-22-18(20)23-24(17)19/h3-10,16-17H,11H2,1-2H3,(H3,20,21,22,23)/t16-,17+/m1/s1. The van der Waals surface area contributed by atoms with E-state index in [1.807, 2.05) is 16.8 Å². The summed E-state index contributed by atoms with van der Waals surface area (Å²) < 4.78 is 7.26. The van der Waals surface area contributed by atoms with Crippen molar-refractivity contribution in [3.05, 3.63) is 65.2 Å². The van der Waals surface area contributed by atoms with E-state index in [0.717, 1.165) is 17.7 Å². The Hall–Kier alpha value is -3.02. The van der Waals surface area contributed by atoms with Gasteiger partial charge in [-0.25, -0.2) is 4.68 Å². The predicted molar refractivity (Wildman–Crippen MR) is 97.7 cm³/mol. The SMILES string of the molecule is COc1cccc([C@H]2C[C@@H](c3cccc(C)c3)n3nc(N)nc3N2)c1. The summed E-state index contributed by atoms with van der Waals surface area (Å²) in [6, 6.07) is 16.8. The number of nitrogens with zero attached hydrogens (tertiary/aromatic N) is 3. The Morgan fingerprint density at radius 3 is 2.76 bits per heavy atom. The number of rotatable bonds is 3. The molecule has 2 heterocycles. The van der Waals surface area contributed by atoms with Gasteiger partial charge in [0.05, 0.1) is 19.2 Å². The van der Waals surface area contributed by atoms with Crippen molar-refractivity contribution in [3.63, 3.8) is 0 Å². The summed E-state index contributed by atoms with van der Waals surface area (Å²) in [5.41, 5.74) is 9.45. The summed E-state index contributed by atoms with van der Waals surface area (Å²) in [6.45, 7) is 2.10. The second kappa shape index (κ2) is 6.12. The maximum atomic E-state index is 5.86. The molecule has 2 aromatic carbocycles. The topological polar surface area (TPSA) is 78.0 Å². The van der Waals surface area contributed by atoms with Gasteiger partial charge in [-0.05, 0) is 36.6 Å². The van der Waals surface area contributed by atoms with Crippen LogP contribution in [0, 0.1) is 6.92 Å². The lowest BCUT2D eigenvalue weighted by Crippen LogP contribution is -2.28. The molecular weight excluding hydrogens is 314 g/mol. The first-order valence-corrected chi connectivity index (χ1v) is 8.33. The summed E-state index contributed by atoms with van der Waals surface area (Å²) in [4.78, 5) is 4.35. The van der Waals surface area contributed by atoms with Crippen molar-refractivity contribution in [3.8, 4) is 5.75 Å². The summed E-state index contributed by atoms with van der Waals surface area (Å²) in [5.74, 6) is 1.83. The van der Waals surface area contributed by atoms with E-state index in [1.54, 1.807) is 7.11 Å². The number of aromatic nitrogens is 3. The van der Waals surface area contributed by atoms with Crippen LogP contribution in [0.25, 0.3) is 0 Å². The lowest BCUT2D eigenvalue weighted by molar-refractivity contribution is 0.410. The molecule has 6 heteroatoms. The number of hydrogen-bond donors (Lipinski definition) is 2. The van der Waals surface area contributed by atoms with Gasteiger partial charge in [-0.3, -0.25) is 0 Å². The quantitative estimate of drug-likeness (QED) is 0.768. The number of hydrogen-bond acceptors (Lipinski definition) is 5. The number of benzene rings is 2. The second-order valence-electron chi connectivity index (χ2n) is 6.38. The fraction of sp³-hybridized carbons (Fsp3) is 0.263. The first-order chi connectivity index (χ1) is 12.1. The highest BCUT2D eigenvalue weighted by molar-refractivity contribution is 5.43. The Bertz CT molecular complexity index is 904. The molecule has 1 aromatic heterocycles. The Morgan fingerprint density at radius 2 is 1.96 bits per heavy atom. The number of nitrogens with one attached hydrogen (secondary N) is 1. The van der Waals surface area contributed by atoms with Crippen molar-refractivity contribution in [2.24, 2.45) is 0 Å². The average Bonchev–Trinajstić information content (AvgIpc) is 3.01. The van der Waals surface area contributed by atoms with Crippen LogP contribution in [-0.2, 0) is 0 Å². The third-order valence-corrected chi connectivity index (χ3v) is 4.63. The van der Waals surface area contributed by atoms with E-state index >= 15 is 0 Å². The minimum absolute atomic E-state index is 0.0807. The normalized spacial score (nSPS) is 19.1. The molecule has 0 aliphatic carbocycles. The van der Waals surface area contributed by atoms with Crippen LogP contribution < -0.4 is 15.8 Å². The van der Waals surface area contributed by atoms with Gasteiger partial charge in [-0.1, -0.05) is 42.0 Å². The largest absolute Gasteiger partial charge is 0.497 e. The molecule has 25 heavy (non-hydrogen) atoms. The fourth-order valence-corrected chi connectivity index (χ4v) is 3.43. The molecule has 0 radical (unpaired) electrons. The Kier molecular flexibility index (Phi) is 3.80. The summed E-state index contributed by atoms with van der Waals surface area (Å²) in [5, 5.41) is 7.85. The molecule has 0 spiro atoms. The highest BCUT2D eigenvalue weighted by Gasteiger charge is 2.31. The van der Waals surface area contributed by atoms with Crippen LogP contribution in [0.15, 0.2) is 48.5 Å². The molecule has 128 valence electrons. The van der Waals surface area contributed by atoms with Gasteiger partial charge in [0.15, 0.2) is 0 Å². The molecule has 0 saturated heterocycles. The monoisotopic (exact) mass is 335 g/mol. The van der Waals surface area contributed by atoms with Crippen molar-refractivity contribution in [2.75, 3.05) is 18.2 Å². The summed E-state index contributed by atoms with van der Waals surface area (Å²) in [7, 11) is 1.68. The van der Waals surface area contributed by atoms with Crippen LogP contribution in [0.1, 0.15) is 35.2 Å². The predicted octanol–water partition coefficient (Wildman–Crippen LogP) is 3.32. The molecule has 0 saturated carbocycles. The molecule has 0 amide bonds. The zero-order valence-electron chi connectivity index (χ0n) is 14.3. The van der Waals surface area contributed by atoms with Crippen molar-refractivity contribution in [1.29, 1.82) is 0 Å². The maximum Gasteiger partial charge on any atom is 0.241 e. The molecule has 1 aliphatic heterocycles. The van der Waals surface area contributed by atoms with E-state index in [-0.39, 0.29) is 18.0 Å². The number of nitrogens with two attached hydrogens (primary N) is 1. The number of anilines is 2. The molecule has 2 atom stereocenters. The van der Waals surface area contributed by atoms with E-state index in [0.29, 0.717) is 5.95 Å². The zero-order valence-corrected chi connectivity index (χ0v) is 14.3. The first kappa shape index (κ1) is 15.5. The van der Waals surface area contributed by atoms with Gasteiger partial charge in [0.2, 0.25) is 11.9 Å². The molecule has 4 rings (SSSR count). The summed E-state index contributed by atoms with van der Waals surface area (Å²) >= 11 is 0. The van der Waals surface area contributed by atoms with Crippen molar-refractivity contribution < 1.29 is 4.74 Å². The van der Waals surface area contributed by atoms with Crippen LogP contribution >= 0.6 is 0 Å². The second-order valence-corrected chi connectivity index (χ2v) is 6.38. The third-order valence-electron chi connectivity index (χ3n) is 4.63. The minimum atomic E-state index is 0.0807. The lowest BCUT2D eigenvalue weighted by Gasteiger charge is -2.32. The van der Waals surface area contributed by atoms with E-state index in [2.05, 4.69) is 58.7 Å². The van der Waals surface area contributed by atoms with Gasteiger partial charge < -0.3 is 15.8 Å². The van der Waals surface area contributed by atoms with Gasteiger partial charge in [-0.15, -0.1) is 5.10 Å². The van der Waals surface area contributed by atoms with Crippen LogP contribution in [0.4, 0.5) is 11.9 Å². The lowest BCUT2D eigenvalue weighted by atomic mass is 9.92. The first-order valence-electron chi connectivity index (χ1n) is 8.33. The Balaban J connectivity index is 1.76. The third kappa shape index (κ3) is 2.91. The summed E-state index contributed by atoms with van der Waals surface area (Å²) in [6.07, 6.45) is 0.854.